The molecule has 0 N–H and O–H groups in total. The predicted octanol–water partition coefficient (Wildman–Crippen LogP) is -0.0528. The van der Waals surface area contributed by atoms with Gasteiger partial charge in [-0.15, -0.1) is 0 Å². The molecule has 0 heterocycles. The van der Waals surface area contributed by atoms with Crippen LogP contribution in [-0.2, 0) is 8.26 Å². The van der Waals surface area contributed by atoms with E-state index in [1.54, 1.807) is 0 Å². The van der Waals surface area contributed by atoms with Gasteiger partial charge in [0.05, 0.1) is 0 Å². The first kappa shape index (κ1) is 15.9. The second kappa shape index (κ2) is 5.85. The van der Waals surface area contributed by atoms with Crippen molar-refractivity contribution < 1.29 is 8.42 Å². The largest absolute Gasteiger partial charge is 0.317 e. The van der Waals surface area contributed by atoms with Gasteiger partial charge < -0.3 is 0 Å². The Bertz CT molecular complexity index is 96.9. The fraction of sp³-hybridized carbons (Fsp3) is 0. The molecule has 0 aromatic rings. The van der Waals surface area contributed by atoms with Gasteiger partial charge >= 0.3 is 8.26 Å². The van der Waals surface area contributed by atoms with Crippen LogP contribution in [0.15, 0.2) is 0 Å². The molecule has 0 aromatic carbocycles. The zero-order chi connectivity index (χ0) is 4.50. The van der Waals surface area contributed by atoms with Gasteiger partial charge in [0.15, 0.2) is 0 Å². The van der Waals surface area contributed by atoms with Gasteiger partial charge in [0.1, 0.15) is 0 Å². The Kier molecular flexibility index (Phi) is 13.3. The first-order valence-corrected chi connectivity index (χ1v) is 3.78. The fourth-order valence-electron chi connectivity index (χ4n) is 0. The molecule has 0 aliphatic rings. The van der Waals surface area contributed by atoms with Crippen LogP contribution < -0.4 is 0 Å². The van der Waals surface area contributed by atoms with Crippen molar-refractivity contribution in [3.05, 3.63) is 0 Å². The minimum Gasteiger partial charge on any atom is -0.195 e. The van der Waals surface area contributed by atoms with Crippen LogP contribution in [0.1, 0.15) is 0 Å². The number of halogens is 2. The summed E-state index contributed by atoms with van der Waals surface area (Å²) in [5.74, 6) is 0. The topological polar surface area (TPSA) is 34.1 Å². The van der Waals surface area contributed by atoms with Gasteiger partial charge in [-0.05, 0) is 0 Å². The molecule has 0 fully saturated rings. The molecule has 0 amide bonds. The SMILES string of the molecule is O=S(=O)(Cl)Cl.[Li].[Li]. The molecule has 7 heteroatoms. The first-order valence-electron chi connectivity index (χ1n) is 0.642. The van der Waals surface area contributed by atoms with Crippen LogP contribution in [0.2, 0.25) is 0 Å². The van der Waals surface area contributed by atoms with Crippen molar-refractivity contribution in [1.82, 2.24) is 0 Å². The van der Waals surface area contributed by atoms with Gasteiger partial charge in [-0.1, -0.05) is 0 Å². The average Bonchev–Trinajstić information content (AvgIpc) is 0.722. The van der Waals surface area contributed by atoms with Crippen LogP contribution in [0.5, 0.6) is 0 Å². The summed E-state index contributed by atoms with van der Waals surface area (Å²) in [6.45, 7) is 0. The Hall–Kier alpha value is 1.72. The van der Waals surface area contributed by atoms with Gasteiger partial charge in [-0.25, -0.2) is 0 Å². The number of hydrogen-bond donors (Lipinski definition) is 0. The quantitative estimate of drug-likeness (QED) is 0.357. The van der Waals surface area contributed by atoms with Gasteiger partial charge in [-0.3, -0.25) is 0 Å². The van der Waals surface area contributed by atoms with E-state index in [2.05, 4.69) is 21.4 Å². The average molecular weight is 149 g/mol. The van der Waals surface area contributed by atoms with Crippen LogP contribution in [0, 0.1) is 0 Å². The summed E-state index contributed by atoms with van der Waals surface area (Å²) in [6, 6.07) is 0. The number of hydrogen-bond acceptors (Lipinski definition) is 2. The Morgan fingerprint density at radius 1 is 1.00 bits per heavy atom. The van der Waals surface area contributed by atoms with Crippen molar-refractivity contribution in [1.29, 1.82) is 0 Å². The van der Waals surface area contributed by atoms with E-state index in [0.29, 0.717) is 0 Å². The van der Waals surface area contributed by atoms with Crippen LogP contribution in [0.3, 0.4) is 0 Å². The Labute approximate surface area is 75.2 Å². The first-order chi connectivity index (χ1) is 2.00. The Balaban J connectivity index is -0.0000000800. The van der Waals surface area contributed by atoms with Crippen molar-refractivity contribution >= 4 is 67.4 Å². The van der Waals surface area contributed by atoms with E-state index in [9.17, 15) is 0 Å². The summed E-state index contributed by atoms with van der Waals surface area (Å²) >= 11 is 0. The van der Waals surface area contributed by atoms with Crippen molar-refractivity contribution in [3.8, 4) is 0 Å². The Morgan fingerprint density at radius 2 is 1.00 bits per heavy atom. The molecule has 2 radical (unpaired) electrons. The van der Waals surface area contributed by atoms with Gasteiger partial charge in [0, 0.05) is 59.1 Å². The molecule has 0 saturated heterocycles. The van der Waals surface area contributed by atoms with Gasteiger partial charge in [0.25, 0.3) is 0 Å². The predicted molar refractivity (Wildman–Crippen MR) is 32.1 cm³/mol. The second-order valence-corrected chi connectivity index (χ2v) is 4.05. The van der Waals surface area contributed by atoms with Crippen LogP contribution in [0.4, 0.5) is 0 Å². The molecule has 0 bridgehead atoms. The maximum absolute atomic E-state index is 9.16. The molecule has 0 atom stereocenters. The molecule has 0 aliphatic carbocycles. The molecular weight excluding hydrogens is 149 g/mol. The van der Waals surface area contributed by atoms with E-state index in [1.165, 1.54) is 0 Å². The maximum Gasteiger partial charge on any atom is 0.317 e. The monoisotopic (exact) mass is 148 g/mol. The van der Waals surface area contributed by atoms with E-state index < -0.39 is 8.26 Å². The van der Waals surface area contributed by atoms with Crippen molar-refractivity contribution in [2.45, 2.75) is 0 Å². The Morgan fingerprint density at radius 3 is 1.00 bits per heavy atom. The van der Waals surface area contributed by atoms with Gasteiger partial charge in [0.2, 0.25) is 0 Å². The molecule has 7 heavy (non-hydrogen) atoms. The van der Waals surface area contributed by atoms with Gasteiger partial charge in [-0.2, -0.15) is 8.42 Å². The van der Waals surface area contributed by atoms with Crippen molar-refractivity contribution in [3.63, 3.8) is 0 Å². The molecule has 0 unspecified atom stereocenters. The molecule has 0 rings (SSSR count). The summed E-state index contributed by atoms with van der Waals surface area (Å²) in [6.07, 6.45) is 0. The summed E-state index contributed by atoms with van der Waals surface area (Å²) in [4.78, 5) is 0. The normalized spacial score (nSPS) is 8.29. The summed E-state index contributed by atoms with van der Waals surface area (Å²) in [7, 11) is 4.81. The zero-order valence-corrected chi connectivity index (χ0v) is 6.31. The molecule has 2 nitrogen and oxygen atoms in total. The summed E-state index contributed by atoms with van der Waals surface area (Å²) in [5, 5.41) is 0. The van der Waals surface area contributed by atoms with Crippen LogP contribution in [0.25, 0.3) is 0 Å². The third-order valence-electron chi connectivity index (χ3n) is 0. The molecular formula is Cl2Li2O2S. The minimum absolute atomic E-state index is 0. The van der Waals surface area contributed by atoms with E-state index >= 15 is 0 Å². The molecule has 0 aliphatic heterocycles. The summed E-state index contributed by atoms with van der Waals surface area (Å²) in [5.41, 5.74) is 0. The van der Waals surface area contributed by atoms with E-state index in [1.807, 2.05) is 0 Å². The smallest absolute Gasteiger partial charge is 0.195 e. The van der Waals surface area contributed by atoms with Crippen molar-refractivity contribution in [2.75, 3.05) is 0 Å². The third-order valence-corrected chi connectivity index (χ3v) is 0. The van der Waals surface area contributed by atoms with E-state index in [0.717, 1.165) is 0 Å². The molecule has 34 valence electrons. The van der Waals surface area contributed by atoms with Crippen LogP contribution >= 0.6 is 21.4 Å². The third kappa shape index (κ3) is 85.1. The fourth-order valence-corrected chi connectivity index (χ4v) is 0. The zero-order valence-electron chi connectivity index (χ0n) is 3.98. The summed E-state index contributed by atoms with van der Waals surface area (Å²) < 4.78 is 18.3. The van der Waals surface area contributed by atoms with E-state index in [-0.39, 0.29) is 37.7 Å². The maximum atomic E-state index is 9.16. The van der Waals surface area contributed by atoms with Crippen molar-refractivity contribution in [2.24, 2.45) is 0 Å². The molecule has 0 spiro atoms. The molecule has 0 aromatic heterocycles. The standard InChI is InChI=1S/Cl2O2S.2Li/c1-5(2,3)4;;. The molecule has 0 saturated carbocycles. The van der Waals surface area contributed by atoms with E-state index in [4.69, 9.17) is 8.42 Å². The van der Waals surface area contributed by atoms with Crippen LogP contribution in [-0.4, -0.2) is 46.1 Å². The number of rotatable bonds is 0. The second-order valence-electron chi connectivity index (χ2n) is 0.378. The minimum atomic E-state index is -3.72.